The van der Waals surface area contributed by atoms with Crippen LogP contribution in [0.15, 0.2) is 64.4 Å². The summed E-state index contributed by atoms with van der Waals surface area (Å²) >= 11 is 1.64. The highest BCUT2D eigenvalue weighted by Crippen LogP contribution is 2.35. The quantitative estimate of drug-likeness (QED) is 0.836. The maximum absolute atomic E-state index is 12.5. The number of amides is 1. The zero-order valence-corrected chi connectivity index (χ0v) is 15.7. The van der Waals surface area contributed by atoms with Crippen molar-refractivity contribution in [1.29, 1.82) is 0 Å². The number of piperidine rings is 3. The number of anilines is 1. The number of benzene rings is 2. The number of nitrogens with zero attached hydrogens (tertiary/aromatic N) is 1. The van der Waals surface area contributed by atoms with E-state index in [4.69, 9.17) is 4.74 Å². The molecule has 5 heteroatoms. The fraction of sp³-hybridized carbons (Fsp3) is 0.381. The second kappa shape index (κ2) is 7.72. The lowest BCUT2D eigenvalue weighted by Gasteiger charge is -2.48. The molecule has 0 radical (unpaired) electrons. The number of para-hydroxylation sites is 1. The van der Waals surface area contributed by atoms with E-state index in [9.17, 15) is 4.79 Å². The molecule has 0 spiro atoms. The minimum absolute atomic E-state index is 0.00793. The lowest BCUT2D eigenvalue weighted by molar-refractivity contribution is -0.0677. The van der Waals surface area contributed by atoms with Crippen LogP contribution in [0.5, 0.6) is 0 Å². The van der Waals surface area contributed by atoms with Gasteiger partial charge in [-0.25, -0.2) is 4.79 Å². The van der Waals surface area contributed by atoms with Gasteiger partial charge in [0.25, 0.3) is 0 Å². The van der Waals surface area contributed by atoms with Crippen molar-refractivity contribution in [3.63, 3.8) is 0 Å². The van der Waals surface area contributed by atoms with Crippen LogP contribution in [0.3, 0.4) is 0 Å². The van der Waals surface area contributed by atoms with Crippen molar-refractivity contribution in [2.24, 2.45) is 5.92 Å². The Balaban J connectivity index is 1.43. The van der Waals surface area contributed by atoms with E-state index in [0.29, 0.717) is 12.0 Å². The SMILES string of the molecule is CC1C(OC(=O)Nc2ccccc2Sc2ccccc2)C2CCN1CC2. The molecule has 2 bridgehead atoms. The summed E-state index contributed by atoms with van der Waals surface area (Å²) in [6.45, 7) is 4.43. The van der Waals surface area contributed by atoms with Gasteiger partial charge in [-0.2, -0.15) is 0 Å². The van der Waals surface area contributed by atoms with E-state index < -0.39 is 0 Å². The van der Waals surface area contributed by atoms with Gasteiger partial charge in [-0.05, 0) is 63.0 Å². The number of rotatable bonds is 4. The van der Waals surface area contributed by atoms with Crippen molar-refractivity contribution in [2.75, 3.05) is 18.4 Å². The number of ether oxygens (including phenoxy) is 1. The summed E-state index contributed by atoms with van der Waals surface area (Å²) in [4.78, 5) is 17.1. The highest BCUT2D eigenvalue weighted by Gasteiger charge is 2.42. The molecule has 4 nitrogen and oxygen atoms in total. The van der Waals surface area contributed by atoms with E-state index in [-0.39, 0.29) is 12.2 Å². The number of fused-ring (bicyclic) bond motifs is 3. The molecular weight excluding hydrogens is 344 g/mol. The first kappa shape index (κ1) is 17.4. The fourth-order valence-electron chi connectivity index (χ4n) is 3.99. The van der Waals surface area contributed by atoms with Crippen LogP contribution in [0.25, 0.3) is 0 Å². The fourth-order valence-corrected chi connectivity index (χ4v) is 4.91. The van der Waals surface area contributed by atoms with Crippen LogP contribution in [0.2, 0.25) is 0 Å². The summed E-state index contributed by atoms with van der Waals surface area (Å²) < 4.78 is 5.85. The van der Waals surface area contributed by atoms with Crippen LogP contribution >= 0.6 is 11.8 Å². The Morgan fingerprint density at radius 2 is 1.77 bits per heavy atom. The van der Waals surface area contributed by atoms with Gasteiger partial charge in [-0.1, -0.05) is 42.1 Å². The average molecular weight is 369 g/mol. The van der Waals surface area contributed by atoms with Gasteiger partial charge in [-0.3, -0.25) is 10.2 Å². The normalized spacial score (nSPS) is 27.1. The van der Waals surface area contributed by atoms with Crippen molar-refractivity contribution in [3.05, 3.63) is 54.6 Å². The summed E-state index contributed by atoms with van der Waals surface area (Å²) in [5, 5.41) is 2.96. The van der Waals surface area contributed by atoms with Crippen LogP contribution in [-0.2, 0) is 4.74 Å². The average Bonchev–Trinajstić information content (AvgIpc) is 2.67. The molecule has 3 aliphatic rings. The van der Waals surface area contributed by atoms with Crippen LogP contribution in [0.4, 0.5) is 10.5 Å². The third-order valence-corrected chi connectivity index (χ3v) is 6.51. The molecular formula is C21H24N2O2S. The predicted molar refractivity (Wildman–Crippen MR) is 105 cm³/mol. The summed E-state index contributed by atoms with van der Waals surface area (Å²) in [5.41, 5.74) is 0.792. The predicted octanol–water partition coefficient (Wildman–Crippen LogP) is 4.87. The molecule has 0 aliphatic carbocycles. The van der Waals surface area contributed by atoms with Gasteiger partial charge in [0.1, 0.15) is 6.10 Å². The van der Waals surface area contributed by atoms with E-state index in [2.05, 4.69) is 29.3 Å². The lowest BCUT2D eigenvalue weighted by Crippen LogP contribution is -2.57. The van der Waals surface area contributed by atoms with Gasteiger partial charge in [0.05, 0.1) is 5.69 Å². The molecule has 26 heavy (non-hydrogen) atoms. The van der Waals surface area contributed by atoms with E-state index in [1.54, 1.807) is 11.8 Å². The van der Waals surface area contributed by atoms with Crippen molar-refractivity contribution >= 4 is 23.5 Å². The largest absolute Gasteiger partial charge is 0.444 e. The molecule has 2 aromatic rings. The second-order valence-electron chi connectivity index (χ2n) is 7.02. The molecule has 2 unspecified atom stereocenters. The maximum atomic E-state index is 12.5. The van der Waals surface area contributed by atoms with Gasteiger partial charge in [0.2, 0.25) is 0 Å². The van der Waals surface area contributed by atoms with E-state index in [1.165, 1.54) is 0 Å². The van der Waals surface area contributed by atoms with E-state index in [0.717, 1.165) is 41.4 Å². The van der Waals surface area contributed by atoms with Gasteiger partial charge >= 0.3 is 6.09 Å². The molecule has 2 aromatic carbocycles. The molecule has 2 atom stereocenters. The molecule has 3 aliphatic heterocycles. The summed E-state index contributed by atoms with van der Waals surface area (Å²) in [6, 6.07) is 18.3. The molecule has 3 fully saturated rings. The first-order valence-corrected chi connectivity index (χ1v) is 10.1. The van der Waals surface area contributed by atoms with Crippen molar-refractivity contribution in [3.8, 4) is 0 Å². The number of carbonyl (C=O) groups excluding carboxylic acids is 1. The summed E-state index contributed by atoms with van der Waals surface area (Å²) in [6.07, 6.45) is 1.90. The Morgan fingerprint density at radius 1 is 1.08 bits per heavy atom. The minimum atomic E-state index is -0.350. The van der Waals surface area contributed by atoms with Gasteiger partial charge in [0.15, 0.2) is 0 Å². The summed E-state index contributed by atoms with van der Waals surface area (Å²) in [5.74, 6) is 0.495. The highest BCUT2D eigenvalue weighted by atomic mass is 32.2. The topological polar surface area (TPSA) is 41.6 Å². The molecule has 5 rings (SSSR count). The van der Waals surface area contributed by atoms with E-state index >= 15 is 0 Å². The van der Waals surface area contributed by atoms with Gasteiger partial charge in [0, 0.05) is 15.8 Å². The number of hydrogen-bond acceptors (Lipinski definition) is 4. The first-order valence-electron chi connectivity index (χ1n) is 9.24. The lowest BCUT2D eigenvalue weighted by atomic mass is 9.81. The van der Waals surface area contributed by atoms with Gasteiger partial charge < -0.3 is 4.74 Å². The zero-order chi connectivity index (χ0) is 17.9. The molecule has 1 N–H and O–H groups in total. The molecule has 1 amide bonds. The number of nitrogens with one attached hydrogen (secondary N) is 1. The van der Waals surface area contributed by atoms with Crippen molar-refractivity contribution < 1.29 is 9.53 Å². The van der Waals surface area contributed by atoms with Crippen LogP contribution in [0.1, 0.15) is 19.8 Å². The Labute approximate surface area is 158 Å². The monoisotopic (exact) mass is 368 g/mol. The minimum Gasteiger partial charge on any atom is -0.444 e. The highest BCUT2D eigenvalue weighted by molar-refractivity contribution is 7.99. The Hall–Kier alpha value is -1.98. The Morgan fingerprint density at radius 3 is 2.50 bits per heavy atom. The maximum Gasteiger partial charge on any atom is 0.411 e. The van der Waals surface area contributed by atoms with Crippen LogP contribution < -0.4 is 5.32 Å². The Bertz CT molecular complexity index is 758. The standard InChI is InChI=1S/C21H24N2O2S/c1-15-20(16-11-13-23(15)14-12-16)25-21(24)22-18-9-5-6-10-19(18)26-17-7-3-2-4-8-17/h2-10,15-16,20H,11-14H2,1H3,(H,22,24). The second-order valence-corrected chi connectivity index (χ2v) is 8.14. The van der Waals surface area contributed by atoms with E-state index in [1.807, 2.05) is 42.5 Å². The third kappa shape index (κ3) is 3.74. The van der Waals surface area contributed by atoms with Crippen LogP contribution in [0, 0.1) is 5.92 Å². The molecule has 0 saturated carbocycles. The molecule has 3 heterocycles. The summed E-state index contributed by atoms with van der Waals surface area (Å²) in [7, 11) is 0. The number of carbonyl (C=O) groups is 1. The third-order valence-electron chi connectivity index (χ3n) is 5.43. The van der Waals surface area contributed by atoms with Crippen LogP contribution in [-0.4, -0.2) is 36.2 Å². The van der Waals surface area contributed by atoms with Crippen molar-refractivity contribution in [1.82, 2.24) is 4.90 Å². The smallest absolute Gasteiger partial charge is 0.411 e. The molecule has 0 aromatic heterocycles. The van der Waals surface area contributed by atoms with Gasteiger partial charge in [-0.15, -0.1) is 0 Å². The first-order chi connectivity index (χ1) is 12.7. The van der Waals surface area contributed by atoms with Crippen molar-refractivity contribution in [2.45, 2.75) is 41.7 Å². The number of hydrogen-bond donors (Lipinski definition) is 1. The molecule has 136 valence electrons. The Kier molecular flexibility index (Phi) is 5.18. The molecule has 3 saturated heterocycles. The zero-order valence-electron chi connectivity index (χ0n) is 14.9.